The van der Waals surface area contributed by atoms with E-state index >= 15 is 0 Å². The second-order valence-corrected chi connectivity index (χ2v) is 10.7. The molecular formula is C31H25Cl2N3O3S. The molecule has 0 atom stereocenters. The lowest BCUT2D eigenvalue weighted by molar-refractivity contribution is -0.114. The summed E-state index contributed by atoms with van der Waals surface area (Å²) in [5.41, 5.74) is 3.46. The van der Waals surface area contributed by atoms with Crippen molar-refractivity contribution in [3.05, 3.63) is 129 Å². The Kier molecular flexibility index (Phi) is 10.0. The SMILES string of the molecule is Cc1ccc(/C=C(\NC(=O)c2ccccc2)C(=O)Nc2ccc(SCC(=O)Nc3cc(Cl)cc(Cl)c3)cc2)cc1. The van der Waals surface area contributed by atoms with Crippen molar-refractivity contribution in [2.24, 2.45) is 0 Å². The third kappa shape index (κ3) is 8.74. The van der Waals surface area contributed by atoms with Crippen LogP contribution in [0.5, 0.6) is 0 Å². The highest BCUT2D eigenvalue weighted by atomic mass is 35.5. The van der Waals surface area contributed by atoms with Crippen LogP contribution in [0, 0.1) is 6.92 Å². The molecule has 4 rings (SSSR count). The molecule has 0 aliphatic carbocycles. The topological polar surface area (TPSA) is 87.3 Å². The van der Waals surface area contributed by atoms with Crippen molar-refractivity contribution in [3.63, 3.8) is 0 Å². The minimum Gasteiger partial charge on any atom is -0.325 e. The molecule has 6 nitrogen and oxygen atoms in total. The number of carbonyl (C=O) groups excluding carboxylic acids is 3. The van der Waals surface area contributed by atoms with Crippen LogP contribution >= 0.6 is 35.0 Å². The quantitative estimate of drug-likeness (QED) is 0.140. The van der Waals surface area contributed by atoms with E-state index in [1.165, 1.54) is 11.8 Å². The van der Waals surface area contributed by atoms with Crippen molar-refractivity contribution in [2.45, 2.75) is 11.8 Å². The summed E-state index contributed by atoms with van der Waals surface area (Å²) < 4.78 is 0. The van der Waals surface area contributed by atoms with Gasteiger partial charge in [0, 0.05) is 31.9 Å². The van der Waals surface area contributed by atoms with Crippen LogP contribution in [0.3, 0.4) is 0 Å². The van der Waals surface area contributed by atoms with Gasteiger partial charge in [0.15, 0.2) is 0 Å². The van der Waals surface area contributed by atoms with Gasteiger partial charge >= 0.3 is 0 Å². The Morgan fingerprint density at radius 1 is 0.775 bits per heavy atom. The lowest BCUT2D eigenvalue weighted by Crippen LogP contribution is -2.30. The number of carbonyl (C=O) groups is 3. The van der Waals surface area contributed by atoms with E-state index < -0.39 is 5.91 Å². The normalized spacial score (nSPS) is 11.0. The fourth-order valence-corrected chi connectivity index (χ4v) is 4.80. The number of hydrogen-bond donors (Lipinski definition) is 3. The average Bonchev–Trinajstić information content (AvgIpc) is 2.93. The number of halogens is 2. The van der Waals surface area contributed by atoms with Gasteiger partial charge in [-0.25, -0.2) is 0 Å². The van der Waals surface area contributed by atoms with E-state index in [1.807, 2.05) is 37.3 Å². The van der Waals surface area contributed by atoms with Gasteiger partial charge in [-0.3, -0.25) is 14.4 Å². The predicted octanol–water partition coefficient (Wildman–Crippen LogP) is 7.44. The molecule has 0 spiro atoms. The molecule has 0 aliphatic rings. The fraction of sp³-hybridized carbons (Fsp3) is 0.0645. The summed E-state index contributed by atoms with van der Waals surface area (Å²) >= 11 is 13.3. The number of rotatable bonds is 9. The number of amides is 3. The average molecular weight is 591 g/mol. The maximum Gasteiger partial charge on any atom is 0.272 e. The number of benzene rings is 4. The standard InChI is InChI=1S/C31H25Cl2N3O3S/c1-20-7-9-21(10-8-20)15-28(36-30(38)22-5-3-2-4-6-22)31(39)35-25-11-13-27(14-12-25)40-19-29(37)34-26-17-23(32)16-24(33)18-26/h2-18H,19H2,1H3,(H,34,37)(H,35,39)(H,36,38)/b28-15-. The van der Waals surface area contributed by atoms with Crippen LogP contribution in [-0.2, 0) is 9.59 Å². The molecule has 3 N–H and O–H groups in total. The number of hydrogen-bond acceptors (Lipinski definition) is 4. The van der Waals surface area contributed by atoms with Crippen LogP contribution in [0.2, 0.25) is 10.0 Å². The van der Waals surface area contributed by atoms with Gasteiger partial charge in [0.05, 0.1) is 5.75 Å². The molecule has 4 aromatic carbocycles. The summed E-state index contributed by atoms with van der Waals surface area (Å²) in [6, 6.07) is 28.2. The van der Waals surface area contributed by atoms with E-state index in [2.05, 4.69) is 16.0 Å². The first-order chi connectivity index (χ1) is 19.2. The number of thioether (sulfide) groups is 1. The summed E-state index contributed by atoms with van der Waals surface area (Å²) in [4.78, 5) is 39.2. The van der Waals surface area contributed by atoms with Crippen molar-refractivity contribution < 1.29 is 14.4 Å². The van der Waals surface area contributed by atoms with E-state index in [4.69, 9.17) is 23.2 Å². The molecule has 0 aliphatic heterocycles. The van der Waals surface area contributed by atoms with E-state index in [9.17, 15) is 14.4 Å². The molecule has 0 aromatic heterocycles. The molecule has 0 fully saturated rings. The first-order valence-electron chi connectivity index (χ1n) is 12.2. The van der Waals surface area contributed by atoms with E-state index in [0.717, 1.165) is 16.0 Å². The van der Waals surface area contributed by atoms with Gasteiger partial charge in [-0.05, 0) is 73.2 Å². The molecule has 0 saturated heterocycles. The smallest absolute Gasteiger partial charge is 0.272 e. The van der Waals surface area contributed by atoms with Crippen molar-refractivity contribution in [3.8, 4) is 0 Å². The van der Waals surface area contributed by atoms with E-state index in [0.29, 0.717) is 27.0 Å². The maximum absolute atomic E-state index is 13.2. The van der Waals surface area contributed by atoms with Crippen LogP contribution in [0.1, 0.15) is 21.5 Å². The zero-order valence-electron chi connectivity index (χ0n) is 21.4. The third-order valence-electron chi connectivity index (χ3n) is 5.55. The van der Waals surface area contributed by atoms with Gasteiger partial charge < -0.3 is 16.0 Å². The Morgan fingerprint density at radius 2 is 1.43 bits per heavy atom. The first-order valence-corrected chi connectivity index (χ1v) is 13.9. The Balaban J connectivity index is 1.40. The first kappa shape index (κ1) is 29.0. The van der Waals surface area contributed by atoms with Gasteiger partial charge in [-0.1, -0.05) is 71.2 Å². The molecule has 0 unspecified atom stereocenters. The lowest BCUT2D eigenvalue weighted by Gasteiger charge is -2.12. The largest absolute Gasteiger partial charge is 0.325 e. The van der Waals surface area contributed by atoms with E-state index in [-0.39, 0.29) is 23.3 Å². The highest BCUT2D eigenvalue weighted by Gasteiger charge is 2.15. The van der Waals surface area contributed by atoms with Gasteiger partial charge in [-0.15, -0.1) is 11.8 Å². The minimum atomic E-state index is -0.468. The molecule has 0 radical (unpaired) electrons. The number of aryl methyl sites for hydroxylation is 1. The van der Waals surface area contributed by atoms with Crippen LogP contribution < -0.4 is 16.0 Å². The Bertz CT molecular complexity index is 1520. The summed E-state index contributed by atoms with van der Waals surface area (Å²) in [6.45, 7) is 1.97. The van der Waals surface area contributed by atoms with Crippen LogP contribution in [-0.4, -0.2) is 23.5 Å². The molecule has 3 amide bonds. The Hall–Kier alpha value is -4.04. The Morgan fingerprint density at radius 3 is 2.08 bits per heavy atom. The summed E-state index contributed by atoms with van der Waals surface area (Å²) in [6.07, 6.45) is 1.63. The van der Waals surface area contributed by atoms with Crippen molar-refractivity contribution >= 4 is 70.1 Å². The second kappa shape index (κ2) is 13.8. The summed E-state index contributed by atoms with van der Waals surface area (Å²) in [5, 5.41) is 9.20. The monoisotopic (exact) mass is 589 g/mol. The molecule has 0 bridgehead atoms. The molecule has 202 valence electrons. The molecular weight excluding hydrogens is 565 g/mol. The fourth-order valence-electron chi connectivity index (χ4n) is 3.58. The van der Waals surface area contributed by atoms with Gasteiger partial charge in [-0.2, -0.15) is 0 Å². The second-order valence-electron chi connectivity index (χ2n) is 8.76. The van der Waals surface area contributed by atoms with Crippen LogP contribution in [0.4, 0.5) is 11.4 Å². The number of nitrogens with one attached hydrogen (secondary N) is 3. The van der Waals surface area contributed by atoms with Gasteiger partial charge in [0.1, 0.15) is 5.70 Å². The van der Waals surface area contributed by atoms with Gasteiger partial charge in [0.2, 0.25) is 5.91 Å². The van der Waals surface area contributed by atoms with E-state index in [1.54, 1.807) is 72.8 Å². The molecule has 0 saturated carbocycles. The van der Waals surface area contributed by atoms with Gasteiger partial charge in [0.25, 0.3) is 11.8 Å². The van der Waals surface area contributed by atoms with Crippen molar-refractivity contribution in [1.29, 1.82) is 0 Å². The lowest BCUT2D eigenvalue weighted by atomic mass is 10.1. The van der Waals surface area contributed by atoms with Crippen LogP contribution in [0.25, 0.3) is 6.08 Å². The number of anilines is 2. The highest BCUT2D eigenvalue weighted by molar-refractivity contribution is 8.00. The summed E-state index contributed by atoms with van der Waals surface area (Å²) in [7, 11) is 0. The zero-order valence-corrected chi connectivity index (χ0v) is 23.7. The third-order valence-corrected chi connectivity index (χ3v) is 6.99. The van der Waals surface area contributed by atoms with Crippen molar-refractivity contribution in [2.75, 3.05) is 16.4 Å². The molecule has 0 heterocycles. The molecule has 4 aromatic rings. The summed E-state index contributed by atoms with van der Waals surface area (Å²) in [5.74, 6) is -0.894. The van der Waals surface area contributed by atoms with Crippen molar-refractivity contribution in [1.82, 2.24) is 5.32 Å². The zero-order chi connectivity index (χ0) is 28.5. The predicted molar refractivity (Wildman–Crippen MR) is 164 cm³/mol. The maximum atomic E-state index is 13.2. The molecule has 40 heavy (non-hydrogen) atoms. The molecule has 9 heteroatoms. The highest BCUT2D eigenvalue weighted by Crippen LogP contribution is 2.24. The minimum absolute atomic E-state index is 0.106. The van der Waals surface area contributed by atoms with Crippen LogP contribution in [0.15, 0.2) is 108 Å². The Labute approximate surface area is 246 Å².